The Hall–Kier alpha value is -4.05. The van der Waals surface area contributed by atoms with Crippen molar-refractivity contribution >= 4 is 17.3 Å². The molecule has 134 valence electrons. The lowest BCUT2D eigenvalue weighted by atomic mass is 10.2. The highest BCUT2D eigenvalue weighted by molar-refractivity contribution is 5.95. The van der Waals surface area contributed by atoms with Gasteiger partial charge >= 0.3 is 0 Å². The van der Waals surface area contributed by atoms with Gasteiger partial charge in [-0.05, 0) is 48.0 Å². The molecule has 3 rings (SSSR count). The van der Waals surface area contributed by atoms with Gasteiger partial charge < -0.3 is 20.9 Å². The van der Waals surface area contributed by atoms with Gasteiger partial charge in [-0.25, -0.2) is 4.99 Å². The average Bonchev–Trinajstić information content (AvgIpc) is 2.69. The average molecular weight is 359 g/mol. The lowest BCUT2D eigenvalue weighted by molar-refractivity contribution is 0.308. The van der Waals surface area contributed by atoms with Crippen LogP contribution < -0.4 is 15.8 Å². The number of pyridine rings is 1. The number of aromatic hydroxyl groups is 1. The number of guanidine groups is 1. The van der Waals surface area contributed by atoms with Crippen molar-refractivity contribution in [3.8, 4) is 17.6 Å². The predicted octanol–water partition coefficient (Wildman–Crippen LogP) is 3.30. The predicted molar refractivity (Wildman–Crippen MR) is 103 cm³/mol. The third-order valence-corrected chi connectivity index (χ3v) is 3.64. The largest absolute Gasteiger partial charge is 0.506 e. The van der Waals surface area contributed by atoms with Crippen LogP contribution in [0.1, 0.15) is 11.1 Å². The molecule has 3 aromatic rings. The molecule has 2 aromatic carbocycles. The number of nitrogens with one attached hydrogen (secondary N) is 1. The zero-order chi connectivity index (χ0) is 19.1. The standard InChI is InChI=1S/C20H17N5O2/c21-12-15-5-6-16(18(26)11-15)24-20(22)25-17-3-1-2-4-19(17)27-13-14-7-9-23-10-8-14/h1-11,26H,13H2,(H3,22,24,25). The first-order valence-corrected chi connectivity index (χ1v) is 8.11. The number of aliphatic imine (C=N–C) groups is 1. The molecule has 1 heterocycles. The molecule has 1 aromatic heterocycles. The van der Waals surface area contributed by atoms with Crippen LogP contribution in [0.25, 0.3) is 0 Å². The number of hydrogen-bond acceptors (Lipinski definition) is 5. The third kappa shape index (κ3) is 4.74. The maximum absolute atomic E-state index is 9.93. The number of para-hydroxylation sites is 2. The van der Waals surface area contributed by atoms with Crippen LogP contribution in [-0.2, 0) is 6.61 Å². The summed E-state index contributed by atoms with van der Waals surface area (Å²) < 4.78 is 5.84. The Bertz CT molecular complexity index is 997. The van der Waals surface area contributed by atoms with Gasteiger partial charge in [-0.2, -0.15) is 5.26 Å². The molecule has 0 atom stereocenters. The topological polar surface area (TPSA) is 117 Å². The number of nitrogens with two attached hydrogens (primary N) is 1. The molecule has 0 saturated carbocycles. The molecular weight excluding hydrogens is 342 g/mol. The van der Waals surface area contributed by atoms with Crippen LogP contribution in [0.15, 0.2) is 72.0 Å². The number of ether oxygens (including phenoxy) is 1. The summed E-state index contributed by atoms with van der Waals surface area (Å²) in [6.45, 7) is 0.384. The Morgan fingerprint density at radius 1 is 1.19 bits per heavy atom. The van der Waals surface area contributed by atoms with Gasteiger partial charge in [0.15, 0.2) is 5.96 Å². The first-order valence-electron chi connectivity index (χ1n) is 8.11. The van der Waals surface area contributed by atoms with Crippen molar-refractivity contribution in [3.63, 3.8) is 0 Å². The number of phenolic OH excluding ortho intramolecular Hbond substituents is 1. The summed E-state index contributed by atoms with van der Waals surface area (Å²) in [5, 5.41) is 21.7. The minimum atomic E-state index is -0.124. The molecule has 0 bridgehead atoms. The van der Waals surface area contributed by atoms with Crippen LogP contribution in [0, 0.1) is 11.3 Å². The first kappa shape index (κ1) is 17.8. The lowest BCUT2D eigenvalue weighted by Gasteiger charge is -2.13. The molecule has 0 spiro atoms. The van der Waals surface area contributed by atoms with E-state index in [9.17, 15) is 5.11 Å². The Balaban J connectivity index is 1.74. The molecule has 0 aliphatic heterocycles. The Labute approximate surface area is 156 Å². The van der Waals surface area contributed by atoms with Gasteiger partial charge in [-0.3, -0.25) is 4.98 Å². The van der Waals surface area contributed by atoms with Gasteiger partial charge in [-0.15, -0.1) is 0 Å². The van der Waals surface area contributed by atoms with Crippen molar-refractivity contribution in [2.75, 3.05) is 5.32 Å². The number of phenols is 1. The summed E-state index contributed by atoms with van der Waals surface area (Å²) in [5.41, 5.74) is 8.18. The minimum Gasteiger partial charge on any atom is -0.506 e. The SMILES string of the molecule is N#Cc1ccc(N=C(N)Nc2ccccc2OCc2ccncc2)c(O)c1. The second kappa shape index (κ2) is 8.36. The molecule has 0 aliphatic rings. The fourth-order valence-electron chi connectivity index (χ4n) is 2.32. The molecule has 27 heavy (non-hydrogen) atoms. The summed E-state index contributed by atoms with van der Waals surface area (Å²) in [4.78, 5) is 8.13. The summed E-state index contributed by atoms with van der Waals surface area (Å²) in [6.07, 6.45) is 3.41. The van der Waals surface area contributed by atoms with E-state index in [1.54, 1.807) is 18.5 Å². The van der Waals surface area contributed by atoms with Crippen molar-refractivity contribution in [1.29, 1.82) is 5.26 Å². The molecule has 0 unspecified atom stereocenters. The van der Waals surface area contributed by atoms with E-state index in [1.807, 2.05) is 42.5 Å². The summed E-state index contributed by atoms with van der Waals surface area (Å²) >= 11 is 0. The fourth-order valence-corrected chi connectivity index (χ4v) is 2.32. The molecule has 0 aliphatic carbocycles. The number of nitrogens with zero attached hydrogens (tertiary/aromatic N) is 3. The maximum atomic E-state index is 9.93. The summed E-state index contributed by atoms with van der Waals surface area (Å²) in [7, 11) is 0. The van der Waals surface area contributed by atoms with Crippen molar-refractivity contribution in [3.05, 3.63) is 78.1 Å². The quantitative estimate of drug-likeness (QED) is 0.475. The van der Waals surface area contributed by atoms with Gasteiger partial charge in [0.1, 0.15) is 23.8 Å². The van der Waals surface area contributed by atoms with Gasteiger partial charge in [0, 0.05) is 12.4 Å². The van der Waals surface area contributed by atoms with E-state index in [1.165, 1.54) is 12.1 Å². The fraction of sp³-hybridized carbons (Fsp3) is 0.0500. The molecular formula is C20H17N5O2. The number of rotatable bonds is 5. The second-order valence-electron chi connectivity index (χ2n) is 5.58. The lowest BCUT2D eigenvalue weighted by Crippen LogP contribution is -2.22. The molecule has 7 heteroatoms. The Kier molecular flexibility index (Phi) is 5.50. The van der Waals surface area contributed by atoms with E-state index in [0.29, 0.717) is 23.6 Å². The highest BCUT2D eigenvalue weighted by Crippen LogP contribution is 2.28. The van der Waals surface area contributed by atoms with Gasteiger partial charge in [-0.1, -0.05) is 12.1 Å². The number of benzene rings is 2. The van der Waals surface area contributed by atoms with E-state index in [0.717, 1.165) is 5.56 Å². The normalized spacial score (nSPS) is 10.9. The molecule has 0 saturated heterocycles. The van der Waals surface area contributed by atoms with Crippen molar-refractivity contribution in [2.24, 2.45) is 10.7 Å². The summed E-state index contributed by atoms with van der Waals surface area (Å²) in [6, 6.07) is 17.4. The van der Waals surface area contributed by atoms with Crippen molar-refractivity contribution in [1.82, 2.24) is 4.98 Å². The minimum absolute atomic E-state index is 0.0787. The smallest absolute Gasteiger partial charge is 0.198 e. The highest BCUT2D eigenvalue weighted by Gasteiger charge is 2.07. The van der Waals surface area contributed by atoms with Crippen molar-refractivity contribution in [2.45, 2.75) is 6.61 Å². The number of hydrogen-bond donors (Lipinski definition) is 3. The van der Waals surface area contributed by atoms with Crippen molar-refractivity contribution < 1.29 is 9.84 Å². The van der Waals surface area contributed by atoms with Crippen LogP contribution in [0.4, 0.5) is 11.4 Å². The maximum Gasteiger partial charge on any atom is 0.198 e. The molecule has 0 amide bonds. The molecule has 4 N–H and O–H groups in total. The van der Waals surface area contributed by atoms with E-state index in [-0.39, 0.29) is 17.4 Å². The summed E-state index contributed by atoms with van der Waals surface area (Å²) in [5.74, 6) is 0.563. The molecule has 0 radical (unpaired) electrons. The van der Waals surface area contributed by atoms with Gasteiger partial charge in [0.2, 0.25) is 0 Å². The van der Waals surface area contributed by atoms with Crippen LogP contribution in [-0.4, -0.2) is 16.1 Å². The highest BCUT2D eigenvalue weighted by atomic mass is 16.5. The van der Waals surface area contributed by atoms with E-state index in [4.69, 9.17) is 15.7 Å². The molecule has 0 fully saturated rings. The Morgan fingerprint density at radius 2 is 1.96 bits per heavy atom. The van der Waals surface area contributed by atoms with E-state index < -0.39 is 0 Å². The van der Waals surface area contributed by atoms with Gasteiger partial charge in [0.25, 0.3) is 0 Å². The third-order valence-electron chi connectivity index (χ3n) is 3.64. The zero-order valence-electron chi connectivity index (χ0n) is 14.3. The van der Waals surface area contributed by atoms with Crippen LogP contribution >= 0.6 is 0 Å². The number of aromatic nitrogens is 1. The van der Waals surface area contributed by atoms with E-state index >= 15 is 0 Å². The van der Waals surface area contributed by atoms with Crippen LogP contribution in [0.2, 0.25) is 0 Å². The zero-order valence-corrected chi connectivity index (χ0v) is 14.3. The second-order valence-corrected chi connectivity index (χ2v) is 5.58. The number of anilines is 1. The van der Waals surface area contributed by atoms with Gasteiger partial charge in [0.05, 0.1) is 17.3 Å². The van der Waals surface area contributed by atoms with Crippen LogP contribution in [0.3, 0.4) is 0 Å². The van der Waals surface area contributed by atoms with Crippen LogP contribution in [0.5, 0.6) is 11.5 Å². The van der Waals surface area contributed by atoms with E-state index in [2.05, 4.69) is 15.3 Å². The monoisotopic (exact) mass is 359 g/mol. The molecule has 7 nitrogen and oxygen atoms in total. The Morgan fingerprint density at radius 3 is 2.70 bits per heavy atom. The first-order chi connectivity index (χ1) is 13.2. The number of nitriles is 1.